The fourth-order valence-electron chi connectivity index (χ4n) is 3.82. The van der Waals surface area contributed by atoms with Gasteiger partial charge < -0.3 is 18.8 Å². The molecule has 0 radical (unpaired) electrons. The average Bonchev–Trinajstić information content (AvgIpc) is 2.88. The second-order valence-electron chi connectivity index (χ2n) is 9.53. The van der Waals surface area contributed by atoms with Gasteiger partial charge in [-0.05, 0) is 51.6 Å². The lowest BCUT2D eigenvalue weighted by molar-refractivity contribution is 0.00578. The molecule has 0 bridgehead atoms. The molecule has 0 N–H and O–H groups in total. The molecule has 2 aliphatic heterocycles. The summed E-state index contributed by atoms with van der Waals surface area (Å²) in [7, 11) is 2.95. The van der Waals surface area contributed by atoms with Crippen molar-refractivity contribution in [2.75, 3.05) is 14.2 Å². The van der Waals surface area contributed by atoms with E-state index in [0.717, 1.165) is 16.6 Å². The molecule has 0 amide bonds. The maximum Gasteiger partial charge on any atom is 0.495 e. The molecule has 2 atom stereocenters. The first kappa shape index (κ1) is 22.8. The van der Waals surface area contributed by atoms with E-state index < -0.39 is 0 Å². The van der Waals surface area contributed by atoms with E-state index >= 15 is 0 Å². The molecule has 0 aromatic heterocycles. The topological polar surface area (TPSA) is 61.6 Å². The van der Waals surface area contributed by atoms with E-state index in [1.807, 2.05) is 0 Å². The van der Waals surface area contributed by atoms with Crippen LogP contribution >= 0.6 is 0 Å². The van der Waals surface area contributed by atoms with Crippen molar-refractivity contribution in [3.63, 3.8) is 0 Å². The van der Waals surface area contributed by atoms with Crippen LogP contribution in [0.5, 0.6) is 0 Å². The number of nitrogens with zero attached hydrogens (tertiary/aromatic N) is 2. The number of hydrogen-bond acceptors (Lipinski definition) is 6. The quantitative estimate of drug-likeness (QED) is 0.710. The maximum atomic E-state index is 6.22. The number of aliphatic imine (C=N–C) groups is 2. The minimum absolute atomic E-state index is 0.103. The monoisotopic (exact) mass is 414 g/mol. The third-order valence-corrected chi connectivity index (χ3v) is 6.41. The molecule has 0 spiro atoms. The second kappa shape index (κ2) is 8.35. The highest BCUT2D eigenvalue weighted by molar-refractivity contribution is 6.62. The van der Waals surface area contributed by atoms with Gasteiger partial charge in [-0.15, -0.1) is 0 Å². The molecule has 0 aliphatic carbocycles. The van der Waals surface area contributed by atoms with Crippen LogP contribution in [-0.2, 0) is 25.2 Å². The number of hydrogen-bond donors (Lipinski definition) is 0. The molecule has 7 heteroatoms. The smallest absolute Gasteiger partial charge is 0.483 e. The summed E-state index contributed by atoms with van der Waals surface area (Å²) in [5.41, 5.74) is 2.64. The SMILES string of the molecule is COC1=N[C@@H](C(C)C)C(OC)=N[C@H]1Cc1ccc(B2OC(C)(C)C(C)(C)O2)c(C)c1. The Balaban J connectivity index is 1.81. The molecule has 1 fully saturated rings. The molecule has 0 unspecified atom stereocenters. The van der Waals surface area contributed by atoms with Crippen molar-refractivity contribution in [1.82, 2.24) is 0 Å². The molecule has 1 aromatic rings. The summed E-state index contributed by atoms with van der Waals surface area (Å²) in [5, 5.41) is 0. The molecule has 2 heterocycles. The lowest BCUT2D eigenvalue weighted by Gasteiger charge is -2.32. The van der Waals surface area contributed by atoms with Crippen LogP contribution in [0.25, 0.3) is 0 Å². The standard InChI is InChI=1S/C23H35BN2O4/c1-14(2)19-21(28-9)25-18(20(26-19)27-8)13-16-10-11-17(15(3)12-16)24-29-22(4,5)23(6,7)30-24/h10-12,14,18-19H,13H2,1-9H3/t18-,19-/m0/s1. The van der Waals surface area contributed by atoms with Crippen molar-refractivity contribution in [3.05, 3.63) is 29.3 Å². The predicted molar refractivity (Wildman–Crippen MR) is 122 cm³/mol. The Morgan fingerprint density at radius 2 is 1.60 bits per heavy atom. The van der Waals surface area contributed by atoms with E-state index in [0.29, 0.717) is 18.2 Å². The molecular weight excluding hydrogens is 379 g/mol. The number of benzene rings is 1. The Morgan fingerprint density at radius 1 is 1.00 bits per heavy atom. The van der Waals surface area contributed by atoms with Crippen molar-refractivity contribution in [3.8, 4) is 0 Å². The second-order valence-corrected chi connectivity index (χ2v) is 9.53. The van der Waals surface area contributed by atoms with Gasteiger partial charge in [0.1, 0.15) is 12.1 Å². The summed E-state index contributed by atoms with van der Waals surface area (Å²) in [5.74, 6) is 1.61. The Bertz CT molecular complexity index is 832. The van der Waals surface area contributed by atoms with E-state index in [2.05, 4.69) is 66.7 Å². The fraction of sp³-hybridized carbons (Fsp3) is 0.652. The van der Waals surface area contributed by atoms with Crippen LogP contribution in [0, 0.1) is 12.8 Å². The minimum atomic E-state index is -0.361. The highest BCUT2D eigenvalue weighted by atomic mass is 16.7. The van der Waals surface area contributed by atoms with E-state index in [4.69, 9.17) is 28.8 Å². The van der Waals surface area contributed by atoms with Crippen molar-refractivity contribution in [2.45, 2.75) is 78.2 Å². The normalized spacial score (nSPS) is 25.2. The lowest BCUT2D eigenvalue weighted by Crippen LogP contribution is -2.41. The van der Waals surface area contributed by atoms with Gasteiger partial charge in [0.2, 0.25) is 11.8 Å². The summed E-state index contributed by atoms with van der Waals surface area (Å²) >= 11 is 0. The van der Waals surface area contributed by atoms with Crippen LogP contribution < -0.4 is 5.46 Å². The molecule has 2 aliphatic rings. The highest BCUT2D eigenvalue weighted by Gasteiger charge is 2.52. The van der Waals surface area contributed by atoms with Gasteiger partial charge in [0, 0.05) is 6.42 Å². The van der Waals surface area contributed by atoms with Crippen LogP contribution in [0.15, 0.2) is 28.2 Å². The van der Waals surface area contributed by atoms with Gasteiger partial charge in [0.05, 0.1) is 25.4 Å². The summed E-state index contributed by atoms with van der Waals surface area (Å²) in [6.45, 7) is 14.6. The number of methoxy groups -OCH3 is 2. The average molecular weight is 414 g/mol. The molecule has 1 aromatic carbocycles. The Hall–Kier alpha value is -1.86. The number of ether oxygens (including phenoxy) is 2. The first-order valence-corrected chi connectivity index (χ1v) is 10.7. The molecular formula is C23H35BN2O4. The zero-order chi connectivity index (χ0) is 22.3. The molecule has 164 valence electrons. The number of aryl methyl sites for hydroxylation is 1. The van der Waals surface area contributed by atoms with Crippen LogP contribution in [0.3, 0.4) is 0 Å². The summed E-state index contributed by atoms with van der Waals surface area (Å²) in [6.07, 6.45) is 0.689. The van der Waals surface area contributed by atoms with Crippen molar-refractivity contribution in [1.29, 1.82) is 0 Å². The fourth-order valence-corrected chi connectivity index (χ4v) is 3.82. The Labute approximate surface area is 181 Å². The third-order valence-electron chi connectivity index (χ3n) is 6.41. The van der Waals surface area contributed by atoms with Gasteiger partial charge >= 0.3 is 7.12 Å². The molecule has 0 saturated carbocycles. The van der Waals surface area contributed by atoms with Gasteiger partial charge in [0.15, 0.2) is 0 Å². The molecule has 3 rings (SSSR count). The summed E-state index contributed by atoms with van der Waals surface area (Å²) < 4.78 is 23.5. The zero-order valence-electron chi connectivity index (χ0n) is 19.8. The minimum Gasteiger partial charge on any atom is -0.483 e. The van der Waals surface area contributed by atoms with Crippen LogP contribution in [0.2, 0.25) is 0 Å². The van der Waals surface area contributed by atoms with Crippen molar-refractivity contribution >= 4 is 24.4 Å². The van der Waals surface area contributed by atoms with E-state index in [1.165, 1.54) is 0 Å². The molecule has 30 heavy (non-hydrogen) atoms. The van der Waals surface area contributed by atoms with Crippen LogP contribution in [-0.4, -0.2) is 56.4 Å². The lowest BCUT2D eigenvalue weighted by atomic mass is 9.75. The van der Waals surface area contributed by atoms with Crippen molar-refractivity contribution in [2.24, 2.45) is 15.9 Å². The van der Waals surface area contributed by atoms with Gasteiger partial charge in [-0.25, -0.2) is 9.98 Å². The first-order chi connectivity index (χ1) is 14.0. The number of rotatable bonds is 4. The van der Waals surface area contributed by atoms with E-state index in [1.54, 1.807) is 14.2 Å². The Kier molecular flexibility index (Phi) is 6.35. The van der Waals surface area contributed by atoms with Crippen LogP contribution in [0.1, 0.15) is 52.7 Å². The van der Waals surface area contributed by atoms with Crippen molar-refractivity contribution < 1.29 is 18.8 Å². The Morgan fingerprint density at radius 3 is 2.10 bits per heavy atom. The van der Waals surface area contributed by atoms with E-state index in [9.17, 15) is 0 Å². The molecule has 1 saturated heterocycles. The van der Waals surface area contributed by atoms with Gasteiger partial charge in [-0.3, -0.25) is 0 Å². The van der Waals surface area contributed by atoms with Gasteiger partial charge in [-0.2, -0.15) is 0 Å². The predicted octanol–water partition coefficient (Wildman–Crippen LogP) is 3.33. The zero-order valence-corrected chi connectivity index (χ0v) is 19.8. The largest absolute Gasteiger partial charge is 0.495 e. The van der Waals surface area contributed by atoms with Gasteiger partial charge in [-0.1, -0.05) is 37.6 Å². The van der Waals surface area contributed by atoms with E-state index in [-0.39, 0.29) is 36.3 Å². The highest BCUT2D eigenvalue weighted by Crippen LogP contribution is 2.36. The van der Waals surface area contributed by atoms with Crippen LogP contribution in [0.4, 0.5) is 0 Å². The molecule has 6 nitrogen and oxygen atoms in total. The van der Waals surface area contributed by atoms with Gasteiger partial charge in [0.25, 0.3) is 0 Å². The third kappa shape index (κ3) is 4.28. The first-order valence-electron chi connectivity index (χ1n) is 10.7. The summed E-state index contributed by atoms with van der Waals surface area (Å²) in [4.78, 5) is 9.57. The maximum absolute atomic E-state index is 6.22. The summed E-state index contributed by atoms with van der Waals surface area (Å²) in [6, 6.07) is 6.08.